The molecule has 7 heteroatoms. The van der Waals surface area contributed by atoms with E-state index < -0.39 is 11.7 Å². The van der Waals surface area contributed by atoms with E-state index in [1.807, 2.05) is 5.38 Å². The van der Waals surface area contributed by atoms with Crippen LogP contribution in [0.2, 0.25) is 0 Å². The first-order valence-electron chi connectivity index (χ1n) is 7.39. The second kappa shape index (κ2) is 6.98. The smallest absolute Gasteiger partial charge is 0.375 e. The highest BCUT2D eigenvalue weighted by atomic mass is 32.1. The molecule has 1 fully saturated rings. The average Bonchev–Trinajstić information content (AvgIpc) is 3.00. The highest BCUT2D eigenvalue weighted by Gasteiger charge is 2.30. The Bertz CT molecular complexity index is 631. The largest absolute Gasteiger partial charge is 0.416 e. The van der Waals surface area contributed by atoms with Crippen molar-refractivity contribution in [3.05, 3.63) is 52.0 Å². The molecule has 1 aliphatic heterocycles. The van der Waals surface area contributed by atoms with Crippen molar-refractivity contribution in [1.82, 2.24) is 9.88 Å². The number of hydrogen-bond acceptors (Lipinski definition) is 4. The predicted molar refractivity (Wildman–Crippen MR) is 82.3 cm³/mol. The van der Waals surface area contributed by atoms with Gasteiger partial charge in [0.2, 0.25) is 0 Å². The number of benzene rings is 1. The molecule has 2 aromatic rings. The maximum Gasteiger partial charge on any atom is 0.416 e. The van der Waals surface area contributed by atoms with E-state index in [1.165, 1.54) is 12.1 Å². The van der Waals surface area contributed by atoms with Crippen molar-refractivity contribution in [3.8, 4) is 0 Å². The number of halogens is 3. The minimum absolute atomic E-state index is 0.0906. The van der Waals surface area contributed by atoms with Gasteiger partial charge in [0.1, 0.15) is 5.01 Å². The number of aromatic nitrogens is 1. The van der Waals surface area contributed by atoms with Crippen LogP contribution in [0.25, 0.3) is 0 Å². The molecular weight excluding hydrogens is 325 g/mol. The first-order chi connectivity index (χ1) is 11.0. The van der Waals surface area contributed by atoms with E-state index in [0.29, 0.717) is 25.1 Å². The summed E-state index contributed by atoms with van der Waals surface area (Å²) in [6.45, 7) is 2.88. The highest BCUT2D eigenvalue weighted by molar-refractivity contribution is 7.09. The summed E-state index contributed by atoms with van der Waals surface area (Å²) in [5.41, 5.74) is 0.0476. The molecular formula is C16H17F3N2OS. The van der Waals surface area contributed by atoms with Crippen molar-refractivity contribution in [3.63, 3.8) is 0 Å². The molecule has 3 nitrogen and oxygen atoms in total. The number of rotatable bonds is 4. The van der Waals surface area contributed by atoms with E-state index in [9.17, 15) is 13.2 Å². The summed E-state index contributed by atoms with van der Waals surface area (Å²) in [7, 11) is 0. The van der Waals surface area contributed by atoms with Crippen molar-refractivity contribution in [2.24, 2.45) is 0 Å². The molecule has 1 aliphatic rings. The molecule has 0 N–H and O–H groups in total. The summed E-state index contributed by atoms with van der Waals surface area (Å²) in [6.07, 6.45) is -2.13. The van der Waals surface area contributed by atoms with Crippen LogP contribution in [0.3, 0.4) is 0 Å². The first-order valence-corrected chi connectivity index (χ1v) is 8.27. The lowest BCUT2D eigenvalue weighted by Crippen LogP contribution is -2.42. The minimum Gasteiger partial charge on any atom is -0.375 e. The van der Waals surface area contributed by atoms with Gasteiger partial charge in [-0.1, -0.05) is 18.2 Å². The van der Waals surface area contributed by atoms with E-state index in [-0.39, 0.29) is 6.10 Å². The highest BCUT2D eigenvalue weighted by Crippen LogP contribution is 2.30. The molecule has 0 amide bonds. The lowest BCUT2D eigenvalue weighted by Gasteiger charge is -2.32. The summed E-state index contributed by atoms with van der Waals surface area (Å²) in [5.74, 6) is 0. The topological polar surface area (TPSA) is 25.4 Å². The number of thiazole rings is 1. The fraction of sp³-hybridized carbons (Fsp3) is 0.438. The Balaban J connectivity index is 1.61. The van der Waals surface area contributed by atoms with Crippen molar-refractivity contribution in [1.29, 1.82) is 0 Å². The Morgan fingerprint density at radius 1 is 1.35 bits per heavy atom. The molecule has 0 radical (unpaired) electrons. The zero-order chi connectivity index (χ0) is 16.3. The van der Waals surface area contributed by atoms with Gasteiger partial charge in [-0.15, -0.1) is 11.3 Å². The monoisotopic (exact) mass is 342 g/mol. The van der Waals surface area contributed by atoms with Crippen molar-refractivity contribution >= 4 is 11.3 Å². The fourth-order valence-electron chi connectivity index (χ4n) is 2.71. The Labute approximate surface area is 136 Å². The van der Waals surface area contributed by atoms with Gasteiger partial charge in [0.05, 0.1) is 24.8 Å². The van der Waals surface area contributed by atoms with Crippen LogP contribution in [0.15, 0.2) is 35.8 Å². The van der Waals surface area contributed by atoms with Crippen LogP contribution in [0.5, 0.6) is 0 Å². The number of alkyl halides is 3. The molecule has 23 heavy (non-hydrogen) atoms. The molecule has 1 saturated heterocycles. The van der Waals surface area contributed by atoms with Gasteiger partial charge in [-0.05, 0) is 18.1 Å². The normalized spacial score (nSPS) is 19.9. The second-order valence-electron chi connectivity index (χ2n) is 5.56. The van der Waals surface area contributed by atoms with E-state index in [0.717, 1.165) is 24.2 Å². The molecule has 124 valence electrons. The molecule has 2 heterocycles. The maximum atomic E-state index is 12.8. The summed E-state index contributed by atoms with van der Waals surface area (Å²) in [6, 6.07) is 5.48. The molecule has 0 aliphatic carbocycles. The predicted octanol–water partition coefficient (Wildman–Crippen LogP) is 3.61. The molecule has 0 unspecified atom stereocenters. The van der Waals surface area contributed by atoms with E-state index in [4.69, 9.17) is 4.74 Å². The summed E-state index contributed by atoms with van der Waals surface area (Å²) in [5, 5.41) is 2.99. The third-order valence-corrected chi connectivity index (χ3v) is 4.55. The van der Waals surface area contributed by atoms with Gasteiger partial charge in [-0.3, -0.25) is 4.90 Å². The zero-order valence-electron chi connectivity index (χ0n) is 12.4. The van der Waals surface area contributed by atoms with Gasteiger partial charge in [0.25, 0.3) is 0 Å². The number of hydrogen-bond donors (Lipinski definition) is 0. The van der Waals surface area contributed by atoms with Crippen LogP contribution in [-0.2, 0) is 23.9 Å². The second-order valence-corrected chi connectivity index (χ2v) is 6.54. The summed E-state index contributed by atoms with van der Waals surface area (Å²) >= 11 is 1.61. The van der Waals surface area contributed by atoms with Crippen LogP contribution < -0.4 is 0 Å². The summed E-state index contributed by atoms with van der Waals surface area (Å²) in [4.78, 5) is 6.51. The van der Waals surface area contributed by atoms with Crippen LogP contribution in [0.1, 0.15) is 16.1 Å². The van der Waals surface area contributed by atoms with Gasteiger partial charge in [-0.25, -0.2) is 4.98 Å². The van der Waals surface area contributed by atoms with Gasteiger partial charge >= 0.3 is 6.18 Å². The molecule has 1 atom stereocenters. The third kappa shape index (κ3) is 4.53. The summed E-state index contributed by atoms with van der Waals surface area (Å²) < 4.78 is 44.0. The van der Waals surface area contributed by atoms with E-state index >= 15 is 0 Å². The zero-order valence-corrected chi connectivity index (χ0v) is 13.2. The molecule has 0 bridgehead atoms. The fourth-order valence-corrected chi connectivity index (χ4v) is 3.37. The van der Waals surface area contributed by atoms with Gasteiger partial charge < -0.3 is 4.74 Å². The lowest BCUT2D eigenvalue weighted by atomic mass is 10.0. The minimum atomic E-state index is -4.31. The van der Waals surface area contributed by atoms with Gasteiger partial charge in [0, 0.05) is 24.7 Å². The third-order valence-electron chi connectivity index (χ3n) is 3.78. The van der Waals surface area contributed by atoms with Crippen molar-refractivity contribution < 1.29 is 17.9 Å². The number of nitrogens with zero attached hydrogens (tertiary/aromatic N) is 2. The first kappa shape index (κ1) is 16.4. The maximum absolute atomic E-state index is 12.8. The molecule has 0 spiro atoms. The van der Waals surface area contributed by atoms with E-state index in [2.05, 4.69) is 9.88 Å². The van der Waals surface area contributed by atoms with Crippen LogP contribution in [0.4, 0.5) is 13.2 Å². The molecule has 1 aromatic heterocycles. The van der Waals surface area contributed by atoms with Crippen molar-refractivity contribution in [2.75, 3.05) is 19.7 Å². The molecule has 0 saturated carbocycles. The lowest BCUT2D eigenvalue weighted by molar-refractivity contribution is -0.137. The van der Waals surface area contributed by atoms with Crippen LogP contribution in [0, 0.1) is 0 Å². The average molecular weight is 342 g/mol. The Hall–Kier alpha value is -1.44. The SMILES string of the molecule is FC(F)(F)c1cccc(C[C@H]2CN(Cc3nccs3)CCO2)c1. The van der Waals surface area contributed by atoms with Gasteiger partial charge in [-0.2, -0.15) is 13.2 Å². The quantitative estimate of drug-likeness (QED) is 0.849. The Morgan fingerprint density at radius 3 is 2.96 bits per heavy atom. The van der Waals surface area contributed by atoms with Gasteiger partial charge in [0.15, 0.2) is 0 Å². The molecule has 3 rings (SSSR count). The van der Waals surface area contributed by atoms with Crippen LogP contribution >= 0.6 is 11.3 Å². The standard InChI is InChI=1S/C16H17F3N2OS/c17-16(18,19)13-3-1-2-12(8-13)9-14-10-21(5-6-22-14)11-15-20-4-7-23-15/h1-4,7-8,14H,5-6,9-11H2/t14-/m0/s1. The Morgan fingerprint density at radius 2 is 2.22 bits per heavy atom. The molecule has 1 aromatic carbocycles. The number of morpholine rings is 1. The Kier molecular flexibility index (Phi) is 4.99. The van der Waals surface area contributed by atoms with Crippen molar-refractivity contribution in [2.45, 2.75) is 25.2 Å². The number of ether oxygens (including phenoxy) is 1. The van der Waals surface area contributed by atoms with E-state index in [1.54, 1.807) is 23.6 Å². The van der Waals surface area contributed by atoms with Crippen LogP contribution in [-0.4, -0.2) is 35.7 Å².